The number of anilines is 2. The Morgan fingerprint density at radius 1 is 1.26 bits per heavy atom. The summed E-state index contributed by atoms with van der Waals surface area (Å²) in [5, 5.41) is 2.75. The minimum absolute atomic E-state index is 0. The number of nitrogens with zero attached hydrogens (tertiary/aromatic N) is 5. The molecule has 0 radical (unpaired) electrons. The van der Waals surface area contributed by atoms with Gasteiger partial charge in [0, 0.05) is 44.0 Å². The number of hydrogen-bond acceptors (Lipinski definition) is 8. The zero-order valence-corrected chi connectivity index (χ0v) is 21.1. The summed E-state index contributed by atoms with van der Waals surface area (Å²) < 4.78 is 6.02. The molecule has 1 fully saturated rings. The molecule has 9 nitrogen and oxygen atoms in total. The van der Waals surface area contributed by atoms with Crippen LogP contribution >= 0.6 is 12.4 Å². The molecule has 1 aliphatic rings. The first kappa shape index (κ1) is 26.3. The van der Waals surface area contributed by atoms with Crippen LogP contribution in [0.3, 0.4) is 0 Å². The van der Waals surface area contributed by atoms with Crippen molar-refractivity contribution in [2.45, 2.75) is 19.9 Å². The number of hydrogen-bond donors (Lipinski definition) is 2. The molecule has 1 unspecified atom stereocenters. The second-order valence-electron chi connectivity index (χ2n) is 8.66. The van der Waals surface area contributed by atoms with Crippen LogP contribution < -0.4 is 15.8 Å². The number of ether oxygens (including phenoxy) is 1. The van der Waals surface area contributed by atoms with E-state index < -0.39 is 5.91 Å². The summed E-state index contributed by atoms with van der Waals surface area (Å²) in [6, 6.07) is 9.84. The third-order valence-electron chi connectivity index (χ3n) is 6.02. The lowest BCUT2D eigenvalue weighted by molar-refractivity contribution is 0.0858. The van der Waals surface area contributed by atoms with Crippen molar-refractivity contribution in [1.82, 2.24) is 24.8 Å². The van der Waals surface area contributed by atoms with E-state index in [1.807, 2.05) is 25.1 Å². The Labute approximate surface area is 212 Å². The number of halogens is 1. The predicted molar refractivity (Wildman–Crippen MR) is 140 cm³/mol. The lowest BCUT2D eigenvalue weighted by atomic mass is 10.1. The second-order valence-corrected chi connectivity index (χ2v) is 8.66. The summed E-state index contributed by atoms with van der Waals surface area (Å²) >= 11 is 0. The Balaban J connectivity index is 0.00000342. The molecule has 1 saturated heterocycles. The average molecular weight is 498 g/mol. The Kier molecular flexibility index (Phi) is 8.97. The standard InChI is InChI=1S/C25H31N7O2.ClH/c1-17-13-20(34-12-11-32-10-9-31(3)16-18(32)2)6-7-21(17)22-15-28-24(26)23(30-22)25(33)29-19-5-4-8-27-14-19;/h4-8,13-15,18H,9-12,16H2,1-3H3,(H2,26,28)(H,29,33);1H. The molecule has 35 heavy (non-hydrogen) atoms. The predicted octanol–water partition coefficient (Wildman–Crippen LogP) is 3.12. The van der Waals surface area contributed by atoms with Crippen LogP contribution in [0.5, 0.6) is 5.75 Å². The lowest BCUT2D eigenvalue weighted by Crippen LogP contribution is -2.51. The molecule has 0 bridgehead atoms. The largest absolute Gasteiger partial charge is 0.492 e. The zero-order chi connectivity index (χ0) is 24.1. The first-order chi connectivity index (χ1) is 16.4. The highest BCUT2D eigenvalue weighted by molar-refractivity contribution is 6.05. The number of carbonyl (C=O) groups is 1. The molecular formula is C25H32ClN7O2. The molecule has 186 valence electrons. The molecule has 0 spiro atoms. The van der Waals surface area contributed by atoms with Gasteiger partial charge in [0.05, 0.1) is 23.8 Å². The number of amides is 1. The van der Waals surface area contributed by atoms with Gasteiger partial charge in [0.2, 0.25) is 0 Å². The van der Waals surface area contributed by atoms with Gasteiger partial charge in [-0.2, -0.15) is 0 Å². The fourth-order valence-corrected chi connectivity index (χ4v) is 4.13. The molecule has 4 rings (SSSR count). The molecule has 1 aromatic carbocycles. The molecule has 3 N–H and O–H groups in total. The van der Waals surface area contributed by atoms with E-state index in [4.69, 9.17) is 10.5 Å². The van der Waals surface area contributed by atoms with Crippen LogP contribution in [0.15, 0.2) is 48.9 Å². The van der Waals surface area contributed by atoms with Crippen molar-refractivity contribution >= 4 is 29.8 Å². The van der Waals surface area contributed by atoms with Crippen molar-refractivity contribution in [2.24, 2.45) is 0 Å². The van der Waals surface area contributed by atoms with Crippen LogP contribution in [0.1, 0.15) is 23.0 Å². The zero-order valence-electron chi connectivity index (χ0n) is 20.3. The summed E-state index contributed by atoms with van der Waals surface area (Å²) in [6.45, 7) is 9.00. The van der Waals surface area contributed by atoms with E-state index in [-0.39, 0.29) is 23.9 Å². The quantitative estimate of drug-likeness (QED) is 0.512. The van der Waals surface area contributed by atoms with Gasteiger partial charge in [-0.3, -0.25) is 14.7 Å². The topological polar surface area (TPSA) is 110 Å². The van der Waals surface area contributed by atoms with Gasteiger partial charge in [-0.05, 0) is 56.8 Å². The van der Waals surface area contributed by atoms with Crippen LogP contribution in [0.2, 0.25) is 0 Å². The molecule has 3 aromatic rings. The number of piperazine rings is 1. The number of benzene rings is 1. The number of rotatable bonds is 7. The summed E-state index contributed by atoms with van der Waals surface area (Å²) in [7, 11) is 2.16. The smallest absolute Gasteiger partial charge is 0.278 e. The van der Waals surface area contributed by atoms with Gasteiger partial charge in [-0.25, -0.2) is 9.97 Å². The van der Waals surface area contributed by atoms with Gasteiger partial charge >= 0.3 is 0 Å². The molecule has 2 aromatic heterocycles. The highest BCUT2D eigenvalue weighted by Crippen LogP contribution is 2.26. The van der Waals surface area contributed by atoms with Crippen LogP contribution in [0.4, 0.5) is 11.5 Å². The van der Waals surface area contributed by atoms with Crippen LogP contribution in [0, 0.1) is 6.92 Å². The third kappa shape index (κ3) is 6.66. The number of pyridine rings is 1. The number of nitrogen functional groups attached to an aromatic ring is 1. The first-order valence-electron chi connectivity index (χ1n) is 11.4. The lowest BCUT2D eigenvalue weighted by Gasteiger charge is -2.38. The molecular weight excluding hydrogens is 466 g/mol. The van der Waals surface area contributed by atoms with E-state index in [0.29, 0.717) is 24.0 Å². The van der Waals surface area contributed by atoms with Crippen molar-refractivity contribution in [3.63, 3.8) is 0 Å². The van der Waals surface area contributed by atoms with Crippen molar-refractivity contribution in [3.05, 3.63) is 60.2 Å². The van der Waals surface area contributed by atoms with E-state index in [1.54, 1.807) is 30.7 Å². The van der Waals surface area contributed by atoms with Crippen LogP contribution in [-0.2, 0) is 0 Å². The van der Waals surface area contributed by atoms with E-state index in [0.717, 1.165) is 43.1 Å². The van der Waals surface area contributed by atoms with Crippen molar-refractivity contribution in [2.75, 3.05) is 50.9 Å². The van der Waals surface area contributed by atoms with Crippen LogP contribution in [0.25, 0.3) is 11.3 Å². The first-order valence-corrected chi connectivity index (χ1v) is 11.4. The summed E-state index contributed by atoms with van der Waals surface area (Å²) in [5.41, 5.74) is 8.98. The summed E-state index contributed by atoms with van der Waals surface area (Å²) in [4.78, 5) is 30.2. The molecule has 3 heterocycles. The maximum Gasteiger partial charge on any atom is 0.278 e. The van der Waals surface area contributed by atoms with Crippen LogP contribution in [-0.4, -0.2) is 76.5 Å². The van der Waals surface area contributed by atoms with Gasteiger partial charge in [-0.1, -0.05) is 0 Å². The molecule has 0 saturated carbocycles. The monoisotopic (exact) mass is 497 g/mol. The van der Waals surface area contributed by atoms with Gasteiger partial charge in [0.25, 0.3) is 5.91 Å². The Hall–Kier alpha value is -3.27. The number of aryl methyl sites for hydroxylation is 1. The number of carbonyl (C=O) groups excluding carboxylic acids is 1. The average Bonchev–Trinajstić information content (AvgIpc) is 2.82. The fourth-order valence-electron chi connectivity index (χ4n) is 4.13. The van der Waals surface area contributed by atoms with E-state index in [1.165, 1.54) is 0 Å². The fraction of sp³-hybridized carbons (Fsp3) is 0.360. The molecule has 1 aliphatic heterocycles. The number of nitrogens with two attached hydrogens (primary N) is 1. The van der Waals surface area contributed by atoms with Gasteiger partial charge in [0.1, 0.15) is 12.4 Å². The Morgan fingerprint density at radius 3 is 2.80 bits per heavy atom. The summed E-state index contributed by atoms with van der Waals surface area (Å²) in [5.74, 6) is 0.442. The minimum Gasteiger partial charge on any atom is -0.492 e. The number of aromatic nitrogens is 3. The van der Waals surface area contributed by atoms with E-state index in [9.17, 15) is 4.79 Å². The highest BCUT2D eigenvalue weighted by atomic mass is 35.5. The summed E-state index contributed by atoms with van der Waals surface area (Å²) in [6.07, 6.45) is 4.76. The van der Waals surface area contributed by atoms with Crippen molar-refractivity contribution < 1.29 is 9.53 Å². The van der Waals surface area contributed by atoms with Gasteiger partial charge < -0.3 is 20.7 Å². The number of likely N-dealkylation sites (N-methyl/N-ethyl adjacent to an activating group) is 1. The molecule has 1 atom stereocenters. The second kappa shape index (κ2) is 11.9. The maximum absolute atomic E-state index is 12.7. The van der Waals surface area contributed by atoms with Gasteiger partial charge in [-0.15, -0.1) is 12.4 Å². The Morgan fingerprint density at radius 2 is 2.09 bits per heavy atom. The van der Waals surface area contributed by atoms with Crippen molar-refractivity contribution in [3.8, 4) is 17.0 Å². The van der Waals surface area contributed by atoms with Gasteiger partial charge in [0.15, 0.2) is 11.5 Å². The van der Waals surface area contributed by atoms with E-state index >= 15 is 0 Å². The molecule has 10 heteroatoms. The normalized spacial score (nSPS) is 16.4. The maximum atomic E-state index is 12.7. The molecule has 0 aliphatic carbocycles. The minimum atomic E-state index is -0.435. The SMILES string of the molecule is Cc1cc(OCCN2CCN(C)CC2C)ccc1-c1cnc(N)c(C(=O)Nc2cccnc2)n1.Cl. The number of nitrogens with one attached hydrogen (secondary N) is 1. The highest BCUT2D eigenvalue weighted by Gasteiger charge is 2.21. The molecule has 1 amide bonds. The Bertz CT molecular complexity index is 1150. The third-order valence-corrected chi connectivity index (χ3v) is 6.02. The van der Waals surface area contributed by atoms with E-state index in [2.05, 4.69) is 44.0 Å². The van der Waals surface area contributed by atoms with Crippen molar-refractivity contribution in [1.29, 1.82) is 0 Å².